The Hall–Kier alpha value is -1.66. The molecule has 1 rings (SSSR count). The third kappa shape index (κ3) is 4.39. The van der Waals surface area contributed by atoms with Crippen molar-refractivity contribution >= 4 is 5.69 Å². The Bertz CT molecular complexity index is 288. The SMILES string of the molecule is NCCO.O=[N+]([O-])c1ccccc1O. The summed E-state index contributed by atoms with van der Waals surface area (Å²) in [6.45, 7) is 0.472. The lowest BCUT2D eigenvalue weighted by Gasteiger charge is -1.91. The minimum atomic E-state index is -0.630. The van der Waals surface area contributed by atoms with Gasteiger partial charge >= 0.3 is 5.69 Å². The van der Waals surface area contributed by atoms with Crippen molar-refractivity contribution in [2.24, 2.45) is 5.73 Å². The van der Waals surface area contributed by atoms with Gasteiger partial charge < -0.3 is 15.9 Å². The fourth-order valence-corrected chi connectivity index (χ4v) is 0.619. The molecule has 1 aromatic rings. The summed E-state index contributed by atoms with van der Waals surface area (Å²) in [7, 11) is 0. The van der Waals surface area contributed by atoms with Gasteiger partial charge in [0.05, 0.1) is 11.5 Å². The summed E-state index contributed by atoms with van der Waals surface area (Å²) >= 11 is 0. The summed E-state index contributed by atoms with van der Waals surface area (Å²) < 4.78 is 0. The van der Waals surface area contributed by atoms with Crippen LogP contribution < -0.4 is 5.73 Å². The van der Waals surface area contributed by atoms with Gasteiger partial charge in [-0.3, -0.25) is 10.1 Å². The van der Waals surface area contributed by atoms with E-state index in [9.17, 15) is 10.1 Å². The Kier molecular flexibility index (Phi) is 6.01. The number of hydrogen-bond donors (Lipinski definition) is 3. The monoisotopic (exact) mass is 200 g/mol. The first kappa shape index (κ1) is 12.3. The van der Waals surface area contributed by atoms with Crippen molar-refractivity contribution < 1.29 is 15.1 Å². The predicted molar refractivity (Wildman–Crippen MR) is 50.9 cm³/mol. The number of phenols is 1. The first-order valence-electron chi connectivity index (χ1n) is 3.86. The van der Waals surface area contributed by atoms with Crippen LogP contribution in [0.5, 0.6) is 5.75 Å². The molecule has 0 aliphatic heterocycles. The molecule has 78 valence electrons. The van der Waals surface area contributed by atoms with E-state index in [4.69, 9.17) is 15.9 Å². The Labute approximate surface area is 80.7 Å². The fourth-order valence-electron chi connectivity index (χ4n) is 0.619. The minimum absolute atomic E-state index is 0.0972. The van der Waals surface area contributed by atoms with E-state index in [-0.39, 0.29) is 18.0 Å². The van der Waals surface area contributed by atoms with Crippen LogP contribution in [0.15, 0.2) is 24.3 Å². The highest BCUT2D eigenvalue weighted by atomic mass is 16.6. The second kappa shape index (κ2) is 6.81. The van der Waals surface area contributed by atoms with Crippen molar-refractivity contribution in [2.45, 2.75) is 0 Å². The maximum absolute atomic E-state index is 10.1. The summed E-state index contributed by atoms with van der Waals surface area (Å²) in [5, 5.41) is 26.7. The molecule has 0 atom stereocenters. The molecule has 0 radical (unpaired) electrons. The molecule has 1 aromatic carbocycles. The maximum Gasteiger partial charge on any atom is 0.310 e. The second-order valence-electron chi connectivity index (χ2n) is 2.26. The molecule has 0 unspecified atom stereocenters. The minimum Gasteiger partial charge on any atom is -0.502 e. The first-order chi connectivity index (χ1) is 6.63. The highest BCUT2D eigenvalue weighted by Crippen LogP contribution is 2.23. The average Bonchev–Trinajstić information content (AvgIpc) is 2.18. The lowest BCUT2D eigenvalue weighted by molar-refractivity contribution is -0.385. The lowest BCUT2D eigenvalue weighted by Crippen LogP contribution is -2.02. The predicted octanol–water partition coefficient (Wildman–Crippen LogP) is 0.238. The van der Waals surface area contributed by atoms with E-state index in [1.54, 1.807) is 0 Å². The molecule has 0 fully saturated rings. The number of aliphatic hydroxyl groups is 1. The summed E-state index contributed by atoms with van der Waals surface area (Å²) in [5.41, 5.74) is 4.52. The molecule has 0 spiro atoms. The highest BCUT2D eigenvalue weighted by molar-refractivity contribution is 5.44. The zero-order chi connectivity index (χ0) is 11.0. The van der Waals surface area contributed by atoms with Gasteiger partial charge in [-0.1, -0.05) is 12.1 Å². The van der Waals surface area contributed by atoms with Crippen LogP contribution in [0, 0.1) is 10.1 Å². The summed E-state index contributed by atoms with van der Waals surface area (Å²) in [6, 6.07) is 5.55. The van der Waals surface area contributed by atoms with E-state index in [1.807, 2.05) is 0 Å². The summed E-state index contributed by atoms with van der Waals surface area (Å²) in [6.07, 6.45) is 0. The maximum atomic E-state index is 10.1. The quantitative estimate of drug-likeness (QED) is 0.467. The molecule has 6 nitrogen and oxygen atoms in total. The fraction of sp³-hybridized carbons (Fsp3) is 0.250. The number of aliphatic hydroxyl groups excluding tert-OH is 1. The molecule has 0 saturated heterocycles. The number of nitro benzene ring substituents is 1. The zero-order valence-corrected chi connectivity index (χ0v) is 7.46. The molecule has 0 amide bonds. The number of phenolic OH excluding ortho intramolecular Hbond substituents is 1. The van der Waals surface area contributed by atoms with E-state index in [2.05, 4.69) is 0 Å². The normalized spacial score (nSPS) is 8.71. The van der Waals surface area contributed by atoms with Gasteiger partial charge in [0.15, 0.2) is 5.75 Å². The Morgan fingerprint density at radius 2 is 1.93 bits per heavy atom. The van der Waals surface area contributed by atoms with Crippen molar-refractivity contribution in [1.29, 1.82) is 0 Å². The molecular formula is C8H12N2O4. The van der Waals surface area contributed by atoms with Crippen LogP contribution >= 0.6 is 0 Å². The Balaban J connectivity index is 0.000000364. The lowest BCUT2D eigenvalue weighted by atomic mass is 10.3. The van der Waals surface area contributed by atoms with Crippen molar-refractivity contribution in [3.63, 3.8) is 0 Å². The first-order valence-corrected chi connectivity index (χ1v) is 3.86. The number of benzene rings is 1. The summed E-state index contributed by atoms with van der Waals surface area (Å²) in [4.78, 5) is 9.44. The number of hydrogen-bond acceptors (Lipinski definition) is 5. The van der Waals surface area contributed by atoms with Crippen molar-refractivity contribution in [1.82, 2.24) is 0 Å². The molecule has 0 heterocycles. The summed E-state index contributed by atoms with van der Waals surface area (Å²) in [5.74, 6) is -0.299. The number of rotatable bonds is 2. The number of para-hydroxylation sites is 2. The molecule has 14 heavy (non-hydrogen) atoms. The van der Waals surface area contributed by atoms with E-state index in [0.717, 1.165) is 0 Å². The zero-order valence-electron chi connectivity index (χ0n) is 7.46. The van der Waals surface area contributed by atoms with Crippen LogP contribution in [0.1, 0.15) is 0 Å². The van der Waals surface area contributed by atoms with Crippen LogP contribution in [0.3, 0.4) is 0 Å². The number of nitrogens with zero attached hydrogens (tertiary/aromatic N) is 1. The number of nitrogens with two attached hydrogens (primary N) is 1. The average molecular weight is 200 g/mol. The van der Waals surface area contributed by atoms with Gasteiger partial charge in [-0.25, -0.2) is 0 Å². The van der Waals surface area contributed by atoms with Gasteiger partial charge in [0, 0.05) is 12.6 Å². The van der Waals surface area contributed by atoms with Crippen LogP contribution in [-0.2, 0) is 0 Å². The number of nitro groups is 1. The molecule has 4 N–H and O–H groups in total. The van der Waals surface area contributed by atoms with Gasteiger partial charge in [0.1, 0.15) is 0 Å². The van der Waals surface area contributed by atoms with Gasteiger partial charge in [0.25, 0.3) is 0 Å². The van der Waals surface area contributed by atoms with Gasteiger partial charge in [-0.05, 0) is 6.07 Å². The van der Waals surface area contributed by atoms with E-state index in [0.29, 0.717) is 6.54 Å². The molecule has 0 aliphatic carbocycles. The molecule has 0 saturated carbocycles. The van der Waals surface area contributed by atoms with Crippen LogP contribution in [0.4, 0.5) is 5.69 Å². The van der Waals surface area contributed by atoms with Crippen LogP contribution in [0.25, 0.3) is 0 Å². The standard InChI is InChI=1S/C6H5NO3.C2H7NO/c8-6-4-2-1-3-5(6)7(9)10;3-1-2-4/h1-4,8H;4H,1-3H2. The second-order valence-corrected chi connectivity index (χ2v) is 2.26. The largest absolute Gasteiger partial charge is 0.502 e. The topological polar surface area (TPSA) is 110 Å². The molecule has 0 aliphatic rings. The smallest absolute Gasteiger partial charge is 0.310 e. The van der Waals surface area contributed by atoms with E-state index in [1.165, 1.54) is 24.3 Å². The van der Waals surface area contributed by atoms with Gasteiger partial charge in [-0.2, -0.15) is 0 Å². The third-order valence-corrected chi connectivity index (χ3v) is 1.21. The van der Waals surface area contributed by atoms with Crippen molar-refractivity contribution in [3.8, 4) is 5.75 Å². The van der Waals surface area contributed by atoms with Gasteiger partial charge in [0.2, 0.25) is 0 Å². The van der Waals surface area contributed by atoms with E-state index >= 15 is 0 Å². The van der Waals surface area contributed by atoms with Crippen LogP contribution in [0.2, 0.25) is 0 Å². The third-order valence-electron chi connectivity index (χ3n) is 1.21. The Morgan fingerprint density at radius 3 is 2.21 bits per heavy atom. The van der Waals surface area contributed by atoms with Crippen molar-refractivity contribution in [3.05, 3.63) is 34.4 Å². The molecule has 0 bridgehead atoms. The molecule has 6 heteroatoms. The van der Waals surface area contributed by atoms with Crippen LogP contribution in [-0.4, -0.2) is 28.3 Å². The van der Waals surface area contributed by atoms with Gasteiger partial charge in [-0.15, -0.1) is 0 Å². The highest BCUT2D eigenvalue weighted by Gasteiger charge is 2.09. The van der Waals surface area contributed by atoms with Crippen molar-refractivity contribution in [2.75, 3.05) is 13.2 Å². The number of aromatic hydroxyl groups is 1. The van der Waals surface area contributed by atoms with E-state index < -0.39 is 4.92 Å². The molecular weight excluding hydrogens is 188 g/mol. The Morgan fingerprint density at radius 1 is 1.43 bits per heavy atom. The molecule has 0 aromatic heterocycles.